The van der Waals surface area contributed by atoms with Crippen LogP contribution in [0.3, 0.4) is 0 Å². The number of aromatic carboxylic acids is 1. The average molecular weight is 171 g/mol. The fourth-order valence-corrected chi connectivity index (χ4v) is 0.553. The van der Waals surface area contributed by atoms with Gasteiger partial charge in [-0.05, 0) is 0 Å². The van der Waals surface area contributed by atoms with Crippen molar-refractivity contribution in [3.05, 3.63) is 17.8 Å². The van der Waals surface area contributed by atoms with Crippen LogP contribution in [0, 0.1) is 0 Å². The van der Waals surface area contributed by atoms with Gasteiger partial charge in [-0.1, -0.05) is 0 Å². The molecule has 1 heterocycles. The highest BCUT2D eigenvalue weighted by Gasteiger charge is 2.16. The van der Waals surface area contributed by atoms with E-state index in [2.05, 4.69) is 14.1 Å². The Balaban J connectivity index is 2.91. The van der Waals surface area contributed by atoms with Crippen molar-refractivity contribution in [1.82, 2.24) is 4.98 Å². The summed E-state index contributed by atoms with van der Waals surface area (Å²) in [5.74, 6) is -2.42. The van der Waals surface area contributed by atoms with E-state index in [0.717, 1.165) is 13.4 Å². The van der Waals surface area contributed by atoms with Crippen LogP contribution in [-0.4, -0.2) is 29.1 Å². The third-order valence-corrected chi connectivity index (χ3v) is 1.08. The summed E-state index contributed by atoms with van der Waals surface area (Å²) in [6.45, 7) is 0. The van der Waals surface area contributed by atoms with Crippen LogP contribution in [0.25, 0.3) is 0 Å². The van der Waals surface area contributed by atoms with Crippen molar-refractivity contribution in [3.8, 4) is 0 Å². The summed E-state index contributed by atoms with van der Waals surface area (Å²) < 4.78 is 8.75. The highest BCUT2D eigenvalue weighted by atomic mass is 16.5. The van der Waals surface area contributed by atoms with Crippen LogP contribution < -0.4 is 0 Å². The minimum absolute atomic E-state index is 0.324. The van der Waals surface area contributed by atoms with Gasteiger partial charge in [0.05, 0.1) is 7.11 Å². The molecule has 6 nitrogen and oxygen atoms in total. The molecule has 0 aliphatic rings. The van der Waals surface area contributed by atoms with Gasteiger partial charge in [0.1, 0.15) is 6.26 Å². The molecular weight excluding hydrogens is 166 g/mol. The number of methoxy groups -OCH3 is 1. The molecule has 12 heavy (non-hydrogen) atoms. The molecule has 1 N–H and O–H groups in total. The molecular formula is C6H5NO5. The van der Waals surface area contributed by atoms with Crippen LogP contribution in [-0.2, 0) is 4.74 Å². The van der Waals surface area contributed by atoms with Crippen molar-refractivity contribution < 1.29 is 23.8 Å². The molecule has 6 heteroatoms. The second-order valence-corrected chi connectivity index (χ2v) is 1.83. The summed E-state index contributed by atoms with van der Waals surface area (Å²) in [5.41, 5.74) is -0.324. The number of nitrogens with zero attached hydrogens (tertiary/aromatic N) is 1. The zero-order valence-corrected chi connectivity index (χ0v) is 6.10. The van der Waals surface area contributed by atoms with E-state index in [1.807, 2.05) is 0 Å². The SMILES string of the molecule is COC(=O)c1nc(C(=O)O)co1. The van der Waals surface area contributed by atoms with E-state index >= 15 is 0 Å². The Kier molecular flexibility index (Phi) is 2.09. The Morgan fingerprint density at radius 3 is 2.75 bits per heavy atom. The normalized spacial score (nSPS) is 9.42. The molecule has 0 radical (unpaired) electrons. The number of carbonyl (C=O) groups is 2. The van der Waals surface area contributed by atoms with Gasteiger partial charge in [-0.2, -0.15) is 4.98 Å². The minimum atomic E-state index is -1.26. The van der Waals surface area contributed by atoms with Gasteiger partial charge in [0.15, 0.2) is 5.69 Å². The van der Waals surface area contributed by atoms with E-state index in [4.69, 9.17) is 5.11 Å². The number of carbonyl (C=O) groups excluding carboxylic acids is 1. The van der Waals surface area contributed by atoms with Crippen molar-refractivity contribution in [2.75, 3.05) is 7.11 Å². The lowest BCUT2D eigenvalue weighted by Crippen LogP contribution is -2.03. The number of carboxylic acids is 1. The predicted molar refractivity (Wildman–Crippen MR) is 34.8 cm³/mol. The fraction of sp³-hybridized carbons (Fsp3) is 0.167. The number of esters is 1. The summed E-state index contributed by atoms with van der Waals surface area (Å²) in [7, 11) is 1.15. The summed E-state index contributed by atoms with van der Waals surface area (Å²) in [6, 6.07) is 0. The van der Waals surface area contributed by atoms with E-state index in [1.54, 1.807) is 0 Å². The van der Waals surface area contributed by atoms with Crippen LogP contribution in [0.1, 0.15) is 21.2 Å². The largest absolute Gasteiger partial charge is 0.476 e. The van der Waals surface area contributed by atoms with Gasteiger partial charge < -0.3 is 14.3 Å². The molecule has 0 saturated heterocycles. The van der Waals surface area contributed by atoms with Gasteiger partial charge in [-0.25, -0.2) is 9.59 Å². The number of hydrogen-bond acceptors (Lipinski definition) is 5. The minimum Gasteiger partial charge on any atom is -0.476 e. The second kappa shape index (κ2) is 3.04. The van der Waals surface area contributed by atoms with Crippen molar-refractivity contribution in [2.24, 2.45) is 0 Å². The Bertz CT molecular complexity index is 315. The molecule has 0 atom stereocenters. The van der Waals surface area contributed by atoms with Gasteiger partial charge in [-0.15, -0.1) is 0 Å². The van der Waals surface area contributed by atoms with E-state index in [9.17, 15) is 9.59 Å². The molecule has 0 aliphatic heterocycles. The maximum absolute atomic E-state index is 10.7. The monoisotopic (exact) mass is 171 g/mol. The quantitative estimate of drug-likeness (QED) is 0.637. The van der Waals surface area contributed by atoms with Crippen molar-refractivity contribution in [3.63, 3.8) is 0 Å². The average Bonchev–Trinajstić information content (AvgIpc) is 2.51. The fourth-order valence-electron chi connectivity index (χ4n) is 0.553. The summed E-state index contributed by atoms with van der Waals surface area (Å²) in [5, 5.41) is 8.38. The molecule has 0 fully saturated rings. The molecule has 1 aromatic heterocycles. The molecule has 0 aliphatic carbocycles. The van der Waals surface area contributed by atoms with Crippen molar-refractivity contribution in [2.45, 2.75) is 0 Å². The zero-order valence-electron chi connectivity index (χ0n) is 6.10. The zero-order chi connectivity index (χ0) is 9.14. The van der Waals surface area contributed by atoms with Crippen molar-refractivity contribution >= 4 is 11.9 Å². The molecule has 0 aromatic carbocycles. The lowest BCUT2D eigenvalue weighted by atomic mass is 10.5. The first-order valence-corrected chi connectivity index (χ1v) is 2.92. The maximum atomic E-state index is 10.7. The third-order valence-electron chi connectivity index (χ3n) is 1.08. The van der Waals surface area contributed by atoms with E-state index in [-0.39, 0.29) is 11.6 Å². The number of rotatable bonds is 2. The highest BCUT2D eigenvalue weighted by Crippen LogP contribution is 2.02. The highest BCUT2D eigenvalue weighted by molar-refractivity contribution is 5.88. The van der Waals surface area contributed by atoms with Crippen molar-refractivity contribution in [1.29, 1.82) is 0 Å². The molecule has 0 saturated carbocycles. The van der Waals surface area contributed by atoms with Crippen LogP contribution >= 0.6 is 0 Å². The summed E-state index contributed by atoms with van der Waals surface area (Å²) in [4.78, 5) is 24.3. The van der Waals surface area contributed by atoms with E-state index in [0.29, 0.717) is 0 Å². The first kappa shape index (κ1) is 8.25. The Hall–Kier alpha value is -1.85. The van der Waals surface area contributed by atoms with E-state index in [1.165, 1.54) is 0 Å². The van der Waals surface area contributed by atoms with E-state index < -0.39 is 11.9 Å². The molecule has 0 spiro atoms. The maximum Gasteiger partial charge on any atom is 0.394 e. The number of ether oxygens (including phenoxy) is 1. The second-order valence-electron chi connectivity index (χ2n) is 1.83. The van der Waals surface area contributed by atoms with Gasteiger partial charge in [0.2, 0.25) is 0 Å². The number of carboxylic acid groups (broad SMARTS) is 1. The van der Waals surface area contributed by atoms with Gasteiger partial charge >= 0.3 is 17.8 Å². The Labute approximate surface area is 66.8 Å². The van der Waals surface area contributed by atoms with Crippen LogP contribution in [0.2, 0.25) is 0 Å². The van der Waals surface area contributed by atoms with Crippen LogP contribution in [0.15, 0.2) is 10.7 Å². The number of oxazole rings is 1. The third kappa shape index (κ3) is 1.42. The molecule has 1 rings (SSSR count). The summed E-state index contributed by atoms with van der Waals surface area (Å²) in [6.07, 6.45) is 0.870. The number of aromatic nitrogens is 1. The molecule has 1 aromatic rings. The first-order chi connectivity index (χ1) is 5.65. The van der Waals surface area contributed by atoms with Gasteiger partial charge in [0.25, 0.3) is 0 Å². The lowest BCUT2D eigenvalue weighted by molar-refractivity contribution is 0.0556. The standard InChI is InChI=1S/C6H5NO5/c1-11-6(10)4-7-3(2-12-4)5(8)9/h2H,1H3,(H,8,9). The summed E-state index contributed by atoms with van der Waals surface area (Å²) >= 11 is 0. The van der Waals surface area contributed by atoms with Gasteiger partial charge in [0, 0.05) is 0 Å². The molecule has 0 unspecified atom stereocenters. The predicted octanol–water partition coefficient (Wildman–Crippen LogP) is 0.159. The number of hydrogen-bond donors (Lipinski definition) is 1. The lowest BCUT2D eigenvalue weighted by Gasteiger charge is -1.88. The van der Waals surface area contributed by atoms with Crippen LogP contribution in [0.5, 0.6) is 0 Å². The topological polar surface area (TPSA) is 89.6 Å². The van der Waals surface area contributed by atoms with Crippen LogP contribution in [0.4, 0.5) is 0 Å². The molecule has 0 amide bonds. The van der Waals surface area contributed by atoms with Gasteiger partial charge in [-0.3, -0.25) is 0 Å². The Morgan fingerprint density at radius 1 is 1.67 bits per heavy atom. The smallest absolute Gasteiger partial charge is 0.394 e. The molecule has 0 bridgehead atoms. The molecule has 64 valence electrons. The Morgan fingerprint density at radius 2 is 2.33 bits per heavy atom. The first-order valence-electron chi connectivity index (χ1n) is 2.92.